The van der Waals surface area contributed by atoms with Crippen molar-refractivity contribution in [2.75, 3.05) is 26.2 Å². The summed E-state index contributed by atoms with van der Waals surface area (Å²) in [5.74, 6) is 1.70. The molecule has 1 spiro atoms. The molecule has 0 aromatic rings. The Balaban J connectivity index is 1.56. The number of rotatable bonds is 2. The van der Waals surface area contributed by atoms with Crippen LogP contribution in [0.3, 0.4) is 0 Å². The third-order valence-electron chi connectivity index (χ3n) is 5.82. The fourth-order valence-electron chi connectivity index (χ4n) is 4.19. The van der Waals surface area contributed by atoms with Crippen LogP contribution in [0.5, 0.6) is 0 Å². The molecule has 0 aromatic carbocycles. The molecule has 2 heterocycles. The minimum absolute atomic E-state index is 0.368. The first kappa shape index (κ1) is 13.4. The summed E-state index contributed by atoms with van der Waals surface area (Å²) in [6.45, 7) is 6.54. The van der Waals surface area contributed by atoms with Gasteiger partial charge >= 0.3 is 0 Å². The number of likely N-dealkylation sites (tertiary alicyclic amines) is 1. The molecule has 3 fully saturated rings. The number of carbonyl (C=O) groups is 1. The number of carbonyl (C=O) groups excluding carboxylic acids is 1. The van der Waals surface area contributed by atoms with Crippen molar-refractivity contribution in [2.45, 2.75) is 51.9 Å². The van der Waals surface area contributed by atoms with Crippen LogP contribution in [0.4, 0.5) is 0 Å². The normalized spacial score (nSPS) is 34.1. The highest BCUT2D eigenvalue weighted by Gasteiger charge is 2.58. The van der Waals surface area contributed by atoms with Crippen LogP contribution < -0.4 is 5.32 Å². The summed E-state index contributed by atoms with van der Waals surface area (Å²) in [5, 5.41) is 3.42. The quantitative estimate of drug-likeness (QED) is 0.830. The first-order chi connectivity index (χ1) is 9.25. The molecule has 3 aliphatic rings. The fourth-order valence-corrected chi connectivity index (χ4v) is 4.19. The van der Waals surface area contributed by atoms with E-state index in [0.29, 0.717) is 17.2 Å². The topological polar surface area (TPSA) is 32.3 Å². The zero-order chi connectivity index (χ0) is 13.3. The van der Waals surface area contributed by atoms with E-state index in [1.54, 1.807) is 0 Å². The van der Waals surface area contributed by atoms with Gasteiger partial charge in [-0.3, -0.25) is 4.79 Å². The van der Waals surface area contributed by atoms with E-state index in [4.69, 9.17) is 0 Å². The van der Waals surface area contributed by atoms with Crippen LogP contribution in [0.15, 0.2) is 0 Å². The van der Waals surface area contributed by atoms with Crippen LogP contribution in [0, 0.1) is 17.3 Å². The highest BCUT2D eigenvalue weighted by molar-refractivity contribution is 5.82. The fraction of sp³-hybridized carbons (Fsp3) is 0.938. The number of amides is 1. The van der Waals surface area contributed by atoms with Crippen molar-refractivity contribution in [3.63, 3.8) is 0 Å². The zero-order valence-corrected chi connectivity index (χ0v) is 12.3. The van der Waals surface area contributed by atoms with Crippen molar-refractivity contribution in [3.8, 4) is 0 Å². The van der Waals surface area contributed by atoms with E-state index < -0.39 is 0 Å². The minimum Gasteiger partial charge on any atom is -0.342 e. The summed E-state index contributed by atoms with van der Waals surface area (Å²) in [6, 6.07) is 0. The second-order valence-electron chi connectivity index (χ2n) is 6.90. The second kappa shape index (κ2) is 5.43. The molecule has 0 bridgehead atoms. The Kier molecular flexibility index (Phi) is 3.84. The Morgan fingerprint density at radius 1 is 1.26 bits per heavy atom. The molecule has 1 N–H and O–H groups in total. The van der Waals surface area contributed by atoms with Gasteiger partial charge in [-0.15, -0.1) is 0 Å². The van der Waals surface area contributed by atoms with Gasteiger partial charge in [0.15, 0.2) is 0 Å². The average Bonchev–Trinajstić information content (AvgIpc) is 3.18. The minimum atomic E-state index is 0.368. The van der Waals surface area contributed by atoms with Gasteiger partial charge in [-0.1, -0.05) is 13.3 Å². The molecule has 3 heteroatoms. The van der Waals surface area contributed by atoms with E-state index in [-0.39, 0.29) is 0 Å². The summed E-state index contributed by atoms with van der Waals surface area (Å²) in [7, 11) is 0. The third kappa shape index (κ3) is 2.67. The Morgan fingerprint density at radius 2 is 2.05 bits per heavy atom. The number of nitrogens with zero attached hydrogens (tertiary/aromatic N) is 1. The smallest absolute Gasteiger partial charge is 0.226 e. The van der Waals surface area contributed by atoms with Crippen molar-refractivity contribution in [1.29, 1.82) is 0 Å². The van der Waals surface area contributed by atoms with Crippen LogP contribution >= 0.6 is 0 Å². The zero-order valence-electron chi connectivity index (χ0n) is 12.3. The van der Waals surface area contributed by atoms with Gasteiger partial charge in [-0.25, -0.2) is 0 Å². The van der Waals surface area contributed by atoms with Crippen molar-refractivity contribution in [3.05, 3.63) is 0 Å². The highest BCUT2D eigenvalue weighted by atomic mass is 16.2. The number of hydrogen-bond donors (Lipinski definition) is 1. The Hall–Kier alpha value is -0.570. The molecule has 108 valence electrons. The lowest BCUT2D eigenvalue weighted by Gasteiger charge is -2.26. The lowest BCUT2D eigenvalue weighted by molar-refractivity contribution is -0.133. The lowest BCUT2D eigenvalue weighted by Crippen LogP contribution is -2.37. The molecule has 2 saturated heterocycles. The number of piperidine rings is 1. The largest absolute Gasteiger partial charge is 0.342 e. The van der Waals surface area contributed by atoms with Crippen molar-refractivity contribution >= 4 is 5.91 Å². The third-order valence-corrected chi connectivity index (χ3v) is 5.82. The number of hydrogen-bond acceptors (Lipinski definition) is 2. The van der Waals surface area contributed by atoms with Gasteiger partial charge in [0.05, 0.1) is 0 Å². The second-order valence-corrected chi connectivity index (χ2v) is 6.90. The molecule has 1 saturated carbocycles. The van der Waals surface area contributed by atoms with Gasteiger partial charge in [0.2, 0.25) is 5.91 Å². The van der Waals surface area contributed by atoms with E-state index in [9.17, 15) is 4.79 Å². The Morgan fingerprint density at radius 3 is 2.79 bits per heavy atom. The van der Waals surface area contributed by atoms with Crippen LogP contribution in [0.1, 0.15) is 51.9 Å². The van der Waals surface area contributed by atoms with E-state index >= 15 is 0 Å². The molecule has 1 amide bonds. The summed E-state index contributed by atoms with van der Waals surface area (Å²) < 4.78 is 0. The molecule has 1 aliphatic carbocycles. The van der Waals surface area contributed by atoms with Crippen LogP contribution in [-0.2, 0) is 4.79 Å². The standard InChI is InChI=1S/C16H28N2O/c1-2-13-4-3-10-18(11-5-13)15(19)14-12-16(14)6-8-17-9-7-16/h13-14,17H,2-12H2,1H3/t13-,14+/m0/s1. The summed E-state index contributed by atoms with van der Waals surface area (Å²) in [6.07, 6.45) is 8.64. The molecule has 0 aromatic heterocycles. The Labute approximate surface area is 117 Å². The lowest BCUT2D eigenvalue weighted by atomic mass is 9.91. The Bertz CT molecular complexity index is 336. The highest BCUT2D eigenvalue weighted by Crippen LogP contribution is 2.59. The summed E-state index contributed by atoms with van der Waals surface area (Å²) >= 11 is 0. The average molecular weight is 264 g/mol. The number of nitrogens with one attached hydrogen (secondary N) is 1. The predicted octanol–water partition coefficient (Wildman–Crippen LogP) is 2.41. The summed E-state index contributed by atoms with van der Waals surface area (Å²) in [4.78, 5) is 14.9. The maximum absolute atomic E-state index is 12.7. The maximum atomic E-state index is 12.7. The molecule has 2 atom stereocenters. The predicted molar refractivity (Wildman–Crippen MR) is 76.9 cm³/mol. The molecule has 0 unspecified atom stereocenters. The molecule has 3 rings (SSSR count). The molecule has 2 aliphatic heterocycles. The van der Waals surface area contributed by atoms with Gasteiger partial charge in [0.1, 0.15) is 0 Å². The summed E-state index contributed by atoms with van der Waals surface area (Å²) in [5.41, 5.74) is 0.402. The van der Waals surface area contributed by atoms with Crippen molar-refractivity contribution in [2.24, 2.45) is 17.3 Å². The van der Waals surface area contributed by atoms with Gasteiger partial charge in [0, 0.05) is 19.0 Å². The van der Waals surface area contributed by atoms with Crippen LogP contribution in [0.25, 0.3) is 0 Å². The molecular weight excluding hydrogens is 236 g/mol. The monoisotopic (exact) mass is 264 g/mol. The van der Waals surface area contributed by atoms with Crippen LogP contribution in [0.2, 0.25) is 0 Å². The molecular formula is C16H28N2O. The van der Waals surface area contributed by atoms with E-state index in [1.165, 1.54) is 44.9 Å². The van der Waals surface area contributed by atoms with E-state index in [0.717, 1.165) is 32.1 Å². The van der Waals surface area contributed by atoms with Crippen LogP contribution in [-0.4, -0.2) is 37.0 Å². The maximum Gasteiger partial charge on any atom is 0.226 e. The van der Waals surface area contributed by atoms with E-state index in [1.807, 2.05) is 0 Å². The van der Waals surface area contributed by atoms with Crippen molar-refractivity contribution < 1.29 is 4.79 Å². The SMILES string of the molecule is CC[C@H]1CCCN(C(=O)[C@H]2CC23CCNCC3)CC1. The van der Waals surface area contributed by atoms with E-state index in [2.05, 4.69) is 17.1 Å². The van der Waals surface area contributed by atoms with Crippen molar-refractivity contribution in [1.82, 2.24) is 10.2 Å². The first-order valence-corrected chi connectivity index (χ1v) is 8.25. The van der Waals surface area contributed by atoms with Gasteiger partial charge < -0.3 is 10.2 Å². The molecule has 0 radical (unpaired) electrons. The van der Waals surface area contributed by atoms with Gasteiger partial charge in [0.25, 0.3) is 0 Å². The molecule has 19 heavy (non-hydrogen) atoms. The molecule has 3 nitrogen and oxygen atoms in total. The van der Waals surface area contributed by atoms with Gasteiger partial charge in [-0.05, 0) is 62.9 Å². The van der Waals surface area contributed by atoms with Gasteiger partial charge in [-0.2, -0.15) is 0 Å². The first-order valence-electron chi connectivity index (χ1n) is 8.25.